The van der Waals surface area contributed by atoms with Crippen LogP contribution in [0.25, 0.3) is 0 Å². The topological polar surface area (TPSA) is 73.6 Å². The minimum atomic E-state index is -4.26. The molecule has 0 bridgehead atoms. The van der Waals surface area contributed by atoms with Gasteiger partial charge >= 0.3 is 6.18 Å². The van der Waals surface area contributed by atoms with E-state index in [0.29, 0.717) is 37.7 Å². The number of halogens is 3. The number of rotatable bonds is 5. The first kappa shape index (κ1) is 27.2. The van der Waals surface area contributed by atoms with E-state index in [-0.39, 0.29) is 17.5 Å². The van der Waals surface area contributed by atoms with Gasteiger partial charge < -0.3 is 19.3 Å². The molecule has 1 atom stereocenters. The number of benzene rings is 1. The van der Waals surface area contributed by atoms with E-state index in [4.69, 9.17) is 10.00 Å². The number of carbonyl (C=O) groups excluding carboxylic acids is 2. The van der Waals surface area contributed by atoms with Gasteiger partial charge in [-0.25, -0.2) is 0 Å². The number of likely N-dealkylation sites (tertiary alicyclic amines) is 1. The average molecular weight is 494 g/mol. The molecule has 1 unspecified atom stereocenters. The minimum absolute atomic E-state index is 0.0386. The van der Waals surface area contributed by atoms with Crippen LogP contribution in [0.1, 0.15) is 67.3 Å². The summed E-state index contributed by atoms with van der Waals surface area (Å²) in [6.07, 6.45) is 1.56. The maximum absolute atomic E-state index is 13.0. The fraction of sp³-hybridized carbons (Fsp3) is 0.654. The van der Waals surface area contributed by atoms with Crippen LogP contribution in [0.3, 0.4) is 0 Å². The molecule has 1 saturated carbocycles. The zero-order valence-corrected chi connectivity index (χ0v) is 20.4. The summed E-state index contributed by atoms with van der Waals surface area (Å²) >= 11 is 0. The molecule has 6 nitrogen and oxygen atoms in total. The molecule has 3 fully saturated rings. The molecule has 1 aromatic carbocycles. The lowest BCUT2D eigenvalue weighted by molar-refractivity contribution is -0.146. The van der Waals surface area contributed by atoms with Gasteiger partial charge in [-0.05, 0) is 83.3 Å². The Bertz CT molecular complexity index is 895. The summed E-state index contributed by atoms with van der Waals surface area (Å²) in [4.78, 5) is 27.7. The lowest BCUT2D eigenvalue weighted by atomic mass is 9.84. The molecule has 0 N–H and O–H groups in total. The summed E-state index contributed by atoms with van der Waals surface area (Å²) in [7, 11) is 2.08. The Hall–Kier alpha value is -2.44. The van der Waals surface area contributed by atoms with Crippen LogP contribution in [-0.4, -0.2) is 73.6 Å². The molecular weight excluding hydrogens is 459 g/mol. The van der Waals surface area contributed by atoms with Crippen molar-refractivity contribution in [3.8, 4) is 6.07 Å². The molecular formula is C26H34F3N3O3. The SMILES string of the molecule is CC(c1ccc(C(=O)N(C2CC2)C2CCN(C)CC2)cc1)C(F)(F)F.N#CC1(C=O)CCOCC1. The molecule has 1 aliphatic carbocycles. The molecule has 0 aromatic heterocycles. The van der Waals surface area contributed by atoms with Crippen LogP contribution in [0.5, 0.6) is 0 Å². The van der Waals surface area contributed by atoms with Crippen LogP contribution in [0, 0.1) is 16.7 Å². The Kier molecular flexibility index (Phi) is 8.94. The van der Waals surface area contributed by atoms with Crippen molar-refractivity contribution in [1.82, 2.24) is 9.80 Å². The number of carbonyl (C=O) groups is 2. The van der Waals surface area contributed by atoms with Gasteiger partial charge in [0.1, 0.15) is 11.7 Å². The van der Waals surface area contributed by atoms with E-state index in [0.717, 1.165) is 52.0 Å². The van der Waals surface area contributed by atoms with E-state index in [2.05, 4.69) is 11.9 Å². The van der Waals surface area contributed by atoms with Gasteiger partial charge in [0, 0.05) is 30.9 Å². The minimum Gasteiger partial charge on any atom is -0.381 e. The van der Waals surface area contributed by atoms with Crippen LogP contribution in [0.2, 0.25) is 0 Å². The number of aldehydes is 1. The van der Waals surface area contributed by atoms with Gasteiger partial charge in [0.15, 0.2) is 0 Å². The number of ether oxygens (including phenoxy) is 1. The predicted molar refractivity (Wildman–Crippen MR) is 125 cm³/mol. The van der Waals surface area contributed by atoms with Crippen molar-refractivity contribution >= 4 is 12.2 Å². The third-order valence-electron chi connectivity index (χ3n) is 7.24. The van der Waals surface area contributed by atoms with Gasteiger partial charge in [-0.3, -0.25) is 4.79 Å². The monoisotopic (exact) mass is 493 g/mol. The molecule has 1 aromatic rings. The highest BCUT2D eigenvalue weighted by Crippen LogP contribution is 2.36. The first-order chi connectivity index (χ1) is 16.6. The third kappa shape index (κ3) is 7.05. The Morgan fingerprint density at radius 3 is 2.11 bits per heavy atom. The maximum atomic E-state index is 13.0. The van der Waals surface area contributed by atoms with Crippen molar-refractivity contribution in [2.45, 2.75) is 69.6 Å². The molecule has 2 aliphatic heterocycles. The van der Waals surface area contributed by atoms with E-state index in [1.165, 1.54) is 12.1 Å². The van der Waals surface area contributed by atoms with Crippen LogP contribution >= 0.6 is 0 Å². The summed E-state index contributed by atoms with van der Waals surface area (Å²) in [6.45, 7) is 4.16. The summed E-state index contributed by atoms with van der Waals surface area (Å²) in [5.41, 5.74) is -0.0524. The molecule has 9 heteroatoms. The van der Waals surface area contributed by atoms with Crippen molar-refractivity contribution in [1.29, 1.82) is 5.26 Å². The summed E-state index contributed by atoms with van der Waals surface area (Å²) in [5, 5.41) is 8.60. The van der Waals surface area contributed by atoms with Gasteiger partial charge in [-0.2, -0.15) is 18.4 Å². The smallest absolute Gasteiger partial charge is 0.381 e. The number of hydrogen-bond acceptors (Lipinski definition) is 5. The van der Waals surface area contributed by atoms with Crippen LogP contribution in [0.4, 0.5) is 13.2 Å². The van der Waals surface area contributed by atoms with Crippen molar-refractivity contribution < 1.29 is 27.5 Å². The van der Waals surface area contributed by atoms with E-state index in [1.54, 1.807) is 12.1 Å². The molecule has 1 amide bonds. The summed E-state index contributed by atoms with van der Waals surface area (Å²) < 4.78 is 43.5. The number of nitriles is 1. The highest BCUT2D eigenvalue weighted by Gasteiger charge is 2.39. The summed E-state index contributed by atoms with van der Waals surface area (Å²) in [5.74, 6) is -1.56. The van der Waals surface area contributed by atoms with E-state index < -0.39 is 17.5 Å². The van der Waals surface area contributed by atoms with Crippen molar-refractivity contribution in [2.24, 2.45) is 5.41 Å². The number of nitrogens with zero attached hydrogens (tertiary/aromatic N) is 3. The summed E-state index contributed by atoms with van der Waals surface area (Å²) in [6, 6.07) is 8.52. The number of amides is 1. The fourth-order valence-electron chi connectivity index (χ4n) is 4.50. The Balaban J connectivity index is 0.000000287. The second-order valence-electron chi connectivity index (χ2n) is 9.86. The number of piperidine rings is 1. The van der Waals surface area contributed by atoms with Gasteiger partial charge in [-0.1, -0.05) is 12.1 Å². The van der Waals surface area contributed by atoms with Crippen LogP contribution in [-0.2, 0) is 9.53 Å². The number of hydrogen-bond donors (Lipinski definition) is 0. The second kappa shape index (κ2) is 11.5. The van der Waals surface area contributed by atoms with Crippen LogP contribution in [0.15, 0.2) is 24.3 Å². The van der Waals surface area contributed by atoms with Crippen molar-refractivity contribution in [2.75, 3.05) is 33.4 Å². The van der Waals surface area contributed by atoms with Gasteiger partial charge in [0.2, 0.25) is 0 Å². The predicted octanol–water partition coefficient (Wildman–Crippen LogP) is 4.56. The van der Waals surface area contributed by atoms with E-state index in [1.807, 2.05) is 11.0 Å². The molecule has 192 valence electrons. The van der Waals surface area contributed by atoms with Crippen LogP contribution < -0.4 is 0 Å². The third-order valence-corrected chi connectivity index (χ3v) is 7.24. The average Bonchev–Trinajstić information content (AvgIpc) is 3.70. The van der Waals surface area contributed by atoms with E-state index in [9.17, 15) is 22.8 Å². The van der Waals surface area contributed by atoms with Gasteiger partial charge in [0.25, 0.3) is 5.91 Å². The normalized spacial score (nSPS) is 21.7. The zero-order valence-electron chi connectivity index (χ0n) is 20.4. The number of alkyl halides is 3. The molecule has 0 spiro atoms. The molecule has 35 heavy (non-hydrogen) atoms. The Labute approximate surface area is 205 Å². The first-order valence-corrected chi connectivity index (χ1v) is 12.2. The molecule has 2 heterocycles. The quantitative estimate of drug-likeness (QED) is 0.563. The fourth-order valence-corrected chi connectivity index (χ4v) is 4.50. The second-order valence-corrected chi connectivity index (χ2v) is 9.86. The van der Waals surface area contributed by atoms with E-state index >= 15 is 0 Å². The molecule has 3 aliphatic rings. The lowest BCUT2D eigenvalue weighted by Crippen LogP contribution is -2.47. The lowest BCUT2D eigenvalue weighted by Gasteiger charge is -2.37. The molecule has 2 saturated heterocycles. The molecule has 4 rings (SSSR count). The standard InChI is InChI=1S/C19H25F3N2O.C7H9NO2/c1-13(19(20,21)22)14-3-5-15(6-4-14)18(25)24(16-7-8-16)17-9-11-23(2)12-10-17;8-5-7(6-9)1-3-10-4-2-7/h3-6,13,16-17H,7-12H2,1-2H3;6H,1-4H2. The Morgan fingerprint density at radius 1 is 1.14 bits per heavy atom. The van der Waals surface area contributed by atoms with Crippen molar-refractivity contribution in [3.63, 3.8) is 0 Å². The largest absolute Gasteiger partial charge is 0.395 e. The Morgan fingerprint density at radius 2 is 1.69 bits per heavy atom. The molecule has 0 radical (unpaired) electrons. The van der Waals surface area contributed by atoms with Crippen molar-refractivity contribution in [3.05, 3.63) is 35.4 Å². The highest BCUT2D eigenvalue weighted by atomic mass is 19.4. The highest BCUT2D eigenvalue weighted by molar-refractivity contribution is 5.95. The zero-order chi connectivity index (χ0) is 25.6. The van der Waals surface area contributed by atoms with Gasteiger partial charge in [0.05, 0.1) is 12.0 Å². The first-order valence-electron chi connectivity index (χ1n) is 12.2. The maximum Gasteiger partial charge on any atom is 0.395 e. The van der Waals surface area contributed by atoms with Gasteiger partial charge in [-0.15, -0.1) is 0 Å².